The molecule has 0 fully saturated rings. The summed E-state index contributed by atoms with van der Waals surface area (Å²) in [7, 11) is -1.96. The van der Waals surface area contributed by atoms with Gasteiger partial charge in [0.2, 0.25) is 5.09 Å². The van der Waals surface area contributed by atoms with Crippen LogP contribution < -0.4 is 5.32 Å². The zero-order valence-corrected chi connectivity index (χ0v) is 12.8. The van der Waals surface area contributed by atoms with Crippen LogP contribution in [0.5, 0.6) is 0 Å². The number of rotatable bonds is 10. The molecule has 0 saturated carbocycles. The predicted octanol–water partition coefficient (Wildman–Crippen LogP) is 1.21. The second-order valence-electron chi connectivity index (χ2n) is 4.13. The van der Waals surface area contributed by atoms with E-state index in [-0.39, 0.29) is 11.6 Å². The number of ether oxygens (including phenoxy) is 1. The minimum Gasteiger partial charge on any atom is -0.447 e. The zero-order valence-electron chi connectivity index (χ0n) is 12.0. The highest BCUT2D eigenvalue weighted by atomic mass is 32.2. The fourth-order valence-electron chi connectivity index (χ4n) is 1.65. The third-order valence-corrected chi connectivity index (χ3v) is 4.51. The summed E-state index contributed by atoms with van der Waals surface area (Å²) in [5.41, 5.74) is 0. The molecule has 1 aromatic rings. The summed E-state index contributed by atoms with van der Waals surface area (Å²) in [5, 5.41) is 3.06. The molecule has 0 amide bonds. The molecule has 0 aliphatic rings. The molecule has 20 heavy (non-hydrogen) atoms. The van der Waals surface area contributed by atoms with Crippen LogP contribution in [0.4, 0.5) is 0 Å². The van der Waals surface area contributed by atoms with E-state index in [0.717, 1.165) is 0 Å². The van der Waals surface area contributed by atoms with Gasteiger partial charge in [0.25, 0.3) is 10.0 Å². The summed E-state index contributed by atoms with van der Waals surface area (Å²) in [5.74, 6) is 0.578. The van der Waals surface area contributed by atoms with E-state index in [0.29, 0.717) is 32.0 Å². The monoisotopic (exact) mass is 302 g/mol. The first kappa shape index (κ1) is 16.9. The van der Waals surface area contributed by atoms with Gasteiger partial charge in [0.1, 0.15) is 5.76 Å². The van der Waals surface area contributed by atoms with Crippen molar-refractivity contribution in [3.63, 3.8) is 0 Å². The Morgan fingerprint density at radius 2 is 2.25 bits per heavy atom. The molecular formula is C13H22N2O4S. The van der Waals surface area contributed by atoms with Gasteiger partial charge < -0.3 is 14.5 Å². The molecular weight excluding hydrogens is 280 g/mol. The molecule has 1 heterocycles. The van der Waals surface area contributed by atoms with Gasteiger partial charge in [-0.25, -0.2) is 8.42 Å². The first-order valence-corrected chi connectivity index (χ1v) is 7.89. The number of hydrogen-bond acceptors (Lipinski definition) is 5. The summed E-state index contributed by atoms with van der Waals surface area (Å²) in [6.45, 7) is 7.71. The van der Waals surface area contributed by atoms with Crippen molar-refractivity contribution in [3.05, 3.63) is 30.5 Å². The summed E-state index contributed by atoms with van der Waals surface area (Å²) >= 11 is 0. The highest BCUT2D eigenvalue weighted by molar-refractivity contribution is 7.89. The molecule has 6 nitrogen and oxygen atoms in total. The Labute approximate surface area is 120 Å². The fourth-order valence-corrected chi connectivity index (χ4v) is 2.99. The van der Waals surface area contributed by atoms with Gasteiger partial charge in [-0.3, -0.25) is 0 Å². The number of nitrogens with one attached hydrogen (secondary N) is 1. The Kier molecular flexibility index (Phi) is 6.94. The van der Waals surface area contributed by atoms with Gasteiger partial charge in [-0.1, -0.05) is 13.0 Å². The molecule has 114 valence electrons. The van der Waals surface area contributed by atoms with E-state index >= 15 is 0 Å². The quantitative estimate of drug-likeness (QED) is 0.519. The van der Waals surface area contributed by atoms with Crippen molar-refractivity contribution in [1.82, 2.24) is 9.62 Å². The smallest absolute Gasteiger partial charge is 0.276 e. The Morgan fingerprint density at radius 3 is 2.85 bits per heavy atom. The second kappa shape index (κ2) is 8.21. The fraction of sp³-hybridized carbons (Fsp3) is 0.538. The normalized spacial score (nSPS) is 11.9. The first-order valence-electron chi connectivity index (χ1n) is 6.45. The minimum absolute atomic E-state index is 0.0373. The van der Waals surface area contributed by atoms with Gasteiger partial charge in [0, 0.05) is 26.7 Å². The van der Waals surface area contributed by atoms with Crippen LogP contribution in [-0.2, 0) is 21.3 Å². The molecule has 0 radical (unpaired) electrons. The highest BCUT2D eigenvalue weighted by Crippen LogP contribution is 2.18. The molecule has 0 bridgehead atoms. The Morgan fingerprint density at radius 1 is 1.50 bits per heavy atom. The number of sulfonamides is 1. The van der Waals surface area contributed by atoms with Gasteiger partial charge in [-0.2, -0.15) is 4.31 Å². The van der Waals surface area contributed by atoms with Crippen molar-refractivity contribution in [1.29, 1.82) is 0 Å². The lowest BCUT2D eigenvalue weighted by Crippen LogP contribution is -2.30. The van der Waals surface area contributed by atoms with Crippen molar-refractivity contribution >= 4 is 10.0 Å². The first-order chi connectivity index (χ1) is 9.56. The van der Waals surface area contributed by atoms with Crippen LogP contribution >= 0.6 is 0 Å². The van der Waals surface area contributed by atoms with E-state index in [9.17, 15) is 8.42 Å². The summed E-state index contributed by atoms with van der Waals surface area (Å²) in [6, 6.07) is 3.14. The molecule has 1 aromatic heterocycles. The number of furan rings is 1. The minimum atomic E-state index is -3.58. The molecule has 7 heteroatoms. The second-order valence-corrected chi connectivity index (χ2v) is 6.00. The third kappa shape index (κ3) is 4.45. The van der Waals surface area contributed by atoms with E-state index in [1.807, 2.05) is 0 Å². The van der Waals surface area contributed by atoms with E-state index in [1.54, 1.807) is 26.2 Å². The molecule has 0 unspecified atom stereocenters. The van der Waals surface area contributed by atoms with Gasteiger partial charge in [0.05, 0.1) is 13.2 Å². The average molecular weight is 302 g/mol. The number of methoxy groups -OCH3 is 1. The Bertz CT molecular complexity index is 510. The maximum absolute atomic E-state index is 12.3. The predicted molar refractivity (Wildman–Crippen MR) is 76.9 cm³/mol. The van der Waals surface area contributed by atoms with E-state index < -0.39 is 10.0 Å². The lowest BCUT2D eigenvalue weighted by atomic mass is 10.4. The lowest BCUT2D eigenvalue weighted by Gasteiger charge is -2.16. The van der Waals surface area contributed by atoms with Crippen molar-refractivity contribution < 1.29 is 17.6 Å². The van der Waals surface area contributed by atoms with Crippen LogP contribution in [0.25, 0.3) is 0 Å². The van der Waals surface area contributed by atoms with E-state index in [1.165, 1.54) is 10.4 Å². The van der Waals surface area contributed by atoms with Crippen LogP contribution in [0.1, 0.15) is 12.7 Å². The SMILES string of the molecule is C=CCN(CC)S(=O)(=O)c1ccc(CNCCOC)o1. The van der Waals surface area contributed by atoms with E-state index in [4.69, 9.17) is 9.15 Å². The van der Waals surface area contributed by atoms with Crippen molar-refractivity contribution in [2.45, 2.75) is 18.6 Å². The molecule has 0 aliphatic heterocycles. The standard InChI is InChI=1S/C13H22N2O4S/c1-4-9-15(5-2)20(16,17)13-7-6-12(19-13)11-14-8-10-18-3/h4,6-7,14H,1,5,8-11H2,2-3H3. The lowest BCUT2D eigenvalue weighted by molar-refractivity contribution is 0.198. The van der Waals surface area contributed by atoms with Gasteiger partial charge in [0.15, 0.2) is 0 Å². The van der Waals surface area contributed by atoms with Crippen LogP contribution in [0.2, 0.25) is 0 Å². The largest absolute Gasteiger partial charge is 0.447 e. The van der Waals surface area contributed by atoms with Gasteiger partial charge >= 0.3 is 0 Å². The Balaban J connectivity index is 2.72. The average Bonchev–Trinajstić information content (AvgIpc) is 2.90. The van der Waals surface area contributed by atoms with Crippen LogP contribution in [0.15, 0.2) is 34.3 Å². The van der Waals surface area contributed by atoms with Gasteiger partial charge in [-0.15, -0.1) is 6.58 Å². The maximum Gasteiger partial charge on any atom is 0.276 e. The molecule has 0 spiro atoms. The van der Waals surface area contributed by atoms with Crippen LogP contribution in [-0.4, -0.2) is 46.1 Å². The number of nitrogens with zero attached hydrogens (tertiary/aromatic N) is 1. The summed E-state index contributed by atoms with van der Waals surface area (Å²) < 4.78 is 36.2. The van der Waals surface area contributed by atoms with Gasteiger partial charge in [-0.05, 0) is 12.1 Å². The topological polar surface area (TPSA) is 71.8 Å². The molecule has 0 aromatic carbocycles. The van der Waals surface area contributed by atoms with Crippen molar-refractivity contribution in [3.8, 4) is 0 Å². The van der Waals surface area contributed by atoms with Crippen LogP contribution in [0, 0.1) is 0 Å². The van der Waals surface area contributed by atoms with E-state index in [2.05, 4.69) is 11.9 Å². The molecule has 0 aliphatic carbocycles. The maximum atomic E-state index is 12.3. The zero-order chi connectivity index (χ0) is 15.0. The third-order valence-electron chi connectivity index (χ3n) is 2.70. The number of hydrogen-bond donors (Lipinski definition) is 1. The van der Waals surface area contributed by atoms with Crippen molar-refractivity contribution in [2.75, 3.05) is 33.4 Å². The highest BCUT2D eigenvalue weighted by Gasteiger charge is 2.25. The summed E-state index contributed by atoms with van der Waals surface area (Å²) in [4.78, 5) is 0. The van der Waals surface area contributed by atoms with Crippen molar-refractivity contribution in [2.24, 2.45) is 0 Å². The number of likely N-dealkylation sites (N-methyl/N-ethyl adjacent to an activating group) is 1. The molecule has 1 N–H and O–H groups in total. The molecule has 0 saturated heterocycles. The molecule has 1 rings (SSSR count). The Hall–Kier alpha value is -1.15. The summed E-state index contributed by atoms with van der Waals surface area (Å²) in [6.07, 6.45) is 1.55. The molecule has 0 atom stereocenters. The van der Waals surface area contributed by atoms with Crippen LogP contribution in [0.3, 0.4) is 0 Å².